The molecule has 1 saturated heterocycles. The molecule has 0 spiro atoms. The van der Waals surface area contributed by atoms with Gasteiger partial charge < -0.3 is 19.7 Å². The normalized spacial score (nSPS) is 13.9. The molecule has 7 heteroatoms. The third kappa shape index (κ3) is 6.22. The number of nitrogens with one attached hydrogen (secondary N) is 1. The lowest BCUT2D eigenvalue weighted by molar-refractivity contribution is -0.134. The van der Waals surface area contributed by atoms with Gasteiger partial charge in [0.2, 0.25) is 11.8 Å². The van der Waals surface area contributed by atoms with E-state index in [1.807, 2.05) is 35.2 Å². The largest absolute Gasteiger partial charge is 0.493 e. The van der Waals surface area contributed by atoms with Gasteiger partial charge >= 0.3 is 0 Å². The molecule has 0 aromatic heterocycles. The van der Waals surface area contributed by atoms with Gasteiger partial charge in [-0.15, -0.1) is 0 Å². The molecule has 0 saturated carbocycles. The second kappa shape index (κ2) is 11.0. The summed E-state index contributed by atoms with van der Waals surface area (Å²) in [6.45, 7) is 1.57. The molecule has 1 aliphatic heterocycles. The molecule has 1 N–H and O–H groups in total. The van der Waals surface area contributed by atoms with Gasteiger partial charge in [0, 0.05) is 37.2 Å². The van der Waals surface area contributed by atoms with Crippen molar-refractivity contribution in [2.75, 3.05) is 32.1 Å². The first-order valence-corrected chi connectivity index (χ1v) is 10.5. The quantitative estimate of drug-likeness (QED) is 0.658. The number of rotatable bonds is 8. The van der Waals surface area contributed by atoms with E-state index in [-0.39, 0.29) is 17.7 Å². The predicted molar refractivity (Wildman–Crippen MR) is 117 cm³/mol. The van der Waals surface area contributed by atoms with Crippen LogP contribution in [0.3, 0.4) is 0 Å². The third-order valence-corrected chi connectivity index (χ3v) is 5.35. The second-order valence-electron chi connectivity index (χ2n) is 7.44. The SMILES string of the molecule is COc1cc(C#N)ccc1OCCCC(=O)N1CCC(C(=O)Nc2ccccc2)CC1. The number of ether oxygens (including phenoxy) is 2. The van der Waals surface area contributed by atoms with Crippen LogP contribution in [0.4, 0.5) is 5.69 Å². The van der Waals surface area contributed by atoms with Crippen molar-refractivity contribution < 1.29 is 19.1 Å². The Morgan fingerprint density at radius 2 is 1.87 bits per heavy atom. The molecule has 31 heavy (non-hydrogen) atoms. The Morgan fingerprint density at radius 3 is 2.55 bits per heavy atom. The van der Waals surface area contributed by atoms with Crippen LogP contribution >= 0.6 is 0 Å². The van der Waals surface area contributed by atoms with E-state index in [0.717, 1.165) is 5.69 Å². The van der Waals surface area contributed by atoms with Crippen molar-refractivity contribution in [1.82, 2.24) is 4.90 Å². The van der Waals surface area contributed by atoms with Crippen LogP contribution in [-0.4, -0.2) is 43.5 Å². The topological polar surface area (TPSA) is 91.7 Å². The highest BCUT2D eigenvalue weighted by atomic mass is 16.5. The van der Waals surface area contributed by atoms with Crippen LogP contribution < -0.4 is 14.8 Å². The van der Waals surface area contributed by atoms with Crippen molar-refractivity contribution in [1.29, 1.82) is 5.26 Å². The van der Waals surface area contributed by atoms with Crippen molar-refractivity contribution in [2.45, 2.75) is 25.7 Å². The lowest BCUT2D eigenvalue weighted by Gasteiger charge is -2.31. The van der Waals surface area contributed by atoms with Crippen molar-refractivity contribution in [3.05, 3.63) is 54.1 Å². The number of piperidine rings is 1. The first kappa shape index (κ1) is 22.2. The van der Waals surface area contributed by atoms with E-state index in [1.165, 1.54) is 7.11 Å². The number of carbonyl (C=O) groups is 2. The number of carbonyl (C=O) groups excluding carboxylic acids is 2. The molecule has 1 fully saturated rings. The highest BCUT2D eigenvalue weighted by Crippen LogP contribution is 2.28. The van der Waals surface area contributed by atoms with Crippen LogP contribution in [0.5, 0.6) is 11.5 Å². The van der Waals surface area contributed by atoms with Gasteiger partial charge in [-0.05, 0) is 43.5 Å². The summed E-state index contributed by atoms with van der Waals surface area (Å²) in [5.41, 5.74) is 1.30. The summed E-state index contributed by atoms with van der Waals surface area (Å²) in [5.74, 6) is 1.08. The lowest BCUT2D eigenvalue weighted by Crippen LogP contribution is -2.41. The Morgan fingerprint density at radius 1 is 1.13 bits per heavy atom. The van der Waals surface area contributed by atoms with Gasteiger partial charge in [-0.1, -0.05) is 18.2 Å². The van der Waals surface area contributed by atoms with Crippen LogP contribution in [0.1, 0.15) is 31.2 Å². The number of hydrogen-bond donors (Lipinski definition) is 1. The van der Waals surface area contributed by atoms with Gasteiger partial charge in [0.25, 0.3) is 0 Å². The number of benzene rings is 2. The Balaban J connectivity index is 1.37. The second-order valence-corrected chi connectivity index (χ2v) is 7.44. The molecule has 1 aliphatic rings. The van der Waals surface area contributed by atoms with Crippen LogP contribution in [0.25, 0.3) is 0 Å². The van der Waals surface area contributed by atoms with Crippen molar-refractivity contribution in [3.8, 4) is 17.6 Å². The van der Waals surface area contributed by atoms with E-state index in [4.69, 9.17) is 14.7 Å². The average Bonchev–Trinajstić information content (AvgIpc) is 2.82. The summed E-state index contributed by atoms with van der Waals surface area (Å²) >= 11 is 0. The zero-order valence-electron chi connectivity index (χ0n) is 17.7. The minimum Gasteiger partial charge on any atom is -0.493 e. The number of anilines is 1. The summed E-state index contributed by atoms with van der Waals surface area (Å²) in [5, 5.41) is 11.9. The van der Waals surface area contributed by atoms with Gasteiger partial charge in [-0.25, -0.2) is 0 Å². The molecule has 2 aromatic rings. The summed E-state index contributed by atoms with van der Waals surface area (Å²) in [7, 11) is 1.52. The molecule has 0 atom stereocenters. The molecular weight excluding hydrogens is 394 g/mol. The number of nitriles is 1. The molecule has 0 unspecified atom stereocenters. The summed E-state index contributed by atoms with van der Waals surface area (Å²) in [6, 6.07) is 16.5. The Labute approximate surface area is 182 Å². The molecule has 162 valence electrons. The summed E-state index contributed by atoms with van der Waals surface area (Å²) in [6.07, 6.45) is 2.31. The highest BCUT2D eigenvalue weighted by molar-refractivity contribution is 5.92. The standard InChI is InChI=1S/C24H27N3O4/c1-30-22-16-18(17-25)9-10-21(22)31-15-5-8-23(28)27-13-11-19(12-14-27)24(29)26-20-6-3-2-4-7-20/h2-4,6-7,9-10,16,19H,5,8,11-15H2,1H3,(H,26,29). The number of hydrogen-bond acceptors (Lipinski definition) is 5. The van der Waals surface area contributed by atoms with Gasteiger partial charge in [-0.3, -0.25) is 9.59 Å². The van der Waals surface area contributed by atoms with Gasteiger partial charge in [0.15, 0.2) is 11.5 Å². The Bertz CT molecular complexity index is 932. The van der Waals surface area contributed by atoms with Crippen LogP contribution in [0, 0.1) is 17.2 Å². The lowest BCUT2D eigenvalue weighted by atomic mass is 9.95. The zero-order chi connectivity index (χ0) is 22.1. The minimum atomic E-state index is -0.0727. The van der Waals surface area contributed by atoms with Crippen LogP contribution in [-0.2, 0) is 9.59 Å². The fourth-order valence-electron chi connectivity index (χ4n) is 3.58. The first-order chi connectivity index (χ1) is 15.1. The zero-order valence-corrected chi connectivity index (χ0v) is 17.7. The number of nitrogens with zero attached hydrogens (tertiary/aromatic N) is 2. The maximum absolute atomic E-state index is 12.5. The highest BCUT2D eigenvalue weighted by Gasteiger charge is 2.27. The number of para-hydroxylation sites is 1. The number of methoxy groups -OCH3 is 1. The number of amides is 2. The van der Waals surface area contributed by atoms with Gasteiger partial charge in [-0.2, -0.15) is 5.26 Å². The average molecular weight is 421 g/mol. The fraction of sp³-hybridized carbons (Fsp3) is 0.375. The van der Waals surface area contributed by atoms with E-state index in [2.05, 4.69) is 11.4 Å². The summed E-state index contributed by atoms with van der Waals surface area (Å²) in [4.78, 5) is 26.7. The van der Waals surface area contributed by atoms with Gasteiger partial charge in [0.05, 0.1) is 25.3 Å². The molecule has 3 rings (SSSR count). The first-order valence-electron chi connectivity index (χ1n) is 10.5. The van der Waals surface area contributed by atoms with E-state index in [1.54, 1.807) is 18.2 Å². The monoisotopic (exact) mass is 421 g/mol. The molecule has 1 heterocycles. The molecule has 0 aliphatic carbocycles. The molecule has 2 amide bonds. The van der Waals surface area contributed by atoms with Crippen molar-refractivity contribution in [3.63, 3.8) is 0 Å². The fourth-order valence-corrected chi connectivity index (χ4v) is 3.58. The smallest absolute Gasteiger partial charge is 0.227 e. The molecule has 2 aromatic carbocycles. The van der Waals surface area contributed by atoms with Crippen molar-refractivity contribution >= 4 is 17.5 Å². The summed E-state index contributed by atoms with van der Waals surface area (Å²) < 4.78 is 11.0. The molecular formula is C24H27N3O4. The maximum Gasteiger partial charge on any atom is 0.227 e. The number of likely N-dealkylation sites (tertiary alicyclic amines) is 1. The van der Waals surface area contributed by atoms with Gasteiger partial charge in [0.1, 0.15) is 0 Å². The minimum absolute atomic E-state index is 0.0167. The Kier molecular flexibility index (Phi) is 7.88. The third-order valence-electron chi connectivity index (χ3n) is 5.35. The van der Waals surface area contributed by atoms with E-state index in [9.17, 15) is 9.59 Å². The van der Waals surface area contributed by atoms with E-state index >= 15 is 0 Å². The molecule has 0 radical (unpaired) electrons. The van der Waals surface area contributed by atoms with Crippen LogP contribution in [0.15, 0.2) is 48.5 Å². The van der Waals surface area contributed by atoms with E-state index in [0.29, 0.717) is 62.4 Å². The maximum atomic E-state index is 12.5. The van der Waals surface area contributed by atoms with Crippen molar-refractivity contribution in [2.24, 2.45) is 5.92 Å². The Hall–Kier alpha value is -3.53. The molecule has 0 bridgehead atoms. The molecule has 7 nitrogen and oxygen atoms in total. The predicted octanol–water partition coefficient (Wildman–Crippen LogP) is 3.60. The van der Waals surface area contributed by atoms with E-state index < -0.39 is 0 Å². The van der Waals surface area contributed by atoms with Crippen LogP contribution in [0.2, 0.25) is 0 Å².